The van der Waals surface area contributed by atoms with Gasteiger partial charge in [0.2, 0.25) is 0 Å². The molecule has 0 saturated heterocycles. The summed E-state index contributed by atoms with van der Waals surface area (Å²) in [6.07, 6.45) is 3.52. The van der Waals surface area contributed by atoms with Crippen LogP contribution in [-0.4, -0.2) is 23.2 Å². The molecule has 0 radical (unpaired) electrons. The molecule has 1 aliphatic rings. The van der Waals surface area contributed by atoms with E-state index in [1.54, 1.807) is 0 Å². The Balaban J connectivity index is 1.97. The number of benzene rings is 1. The van der Waals surface area contributed by atoms with Crippen LogP contribution < -0.4 is 5.32 Å². The van der Waals surface area contributed by atoms with Crippen molar-refractivity contribution in [2.45, 2.75) is 59.0 Å². The summed E-state index contributed by atoms with van der Waals surface area (Å²) in [5.74, 6) is -0.0885. The number of aryl methyl sites for hydroxylation is 1. The minimum atomic E-state index is -0.747. The highest BCUT2D eigenvalue weighted by Gasteiger charge is 2.36. The van der Waals surface area contributed by atoms with Gasteiger partial charge in [0, 0.05) is 12.1 Å². The summed E-state index contributed by atoms with van der Waals surface area (Å²) in [6, 6.07) is 5.74. The van der Waals surface area contributed by atoms with Crippen molar-refractivity contribution in [1.29, 1.82) is 0 Å². The Kier molecular flexibility index (Phi) is 4.43. The maximum absolute atomic E-state index is 12.3. The van der Waals surface area contributed by atoms with Crippen molar-refractivity contribution in [3.8, 4) is 0 Å². The first kappa shape index (κ1) is 16.0. The lowest BCUT2D eigenvalue weighted by Gasteiger charge is -2.40. The highest BCUT2D eigenvalue weighted by molar-refractivity contribution is 5.95. The molecule has 2 rings (SSSR count). The van der Waals surface area contributed by atoms with Gasteiger partial charge in [-0.05, 0) is 62.1 Å². The SMILES string of the molecule is Cc1cccc(C(=O)NCC2(O)CCC(C)(C)CC2)c1C. The average molecular weight is 289 g/mol. The molecule has 0 atom stereocenters. The molecule has 1 aromatic carbocycles. The lowest BCUT2D eigenvalue weighted by molar-refractivity contribution is -0.0233. The number of hydrogen-bond acceptors (Lipinski definition) is 2. The molecule has 1 amide bonds. The second-order valence-corrected chi connectivity index (χ2v) is 7.32. The Labute approximate surface area is 127 Å². The lowest BCUT2D eigenvalue weighted by Crippen LogP contribution is -2.46. The van der Waals surface area contributed by atoms with Gasteiger partial charge < -0.3 is 10.4 Å². The third kappa shape index (κ3) is 3.85. The number of amides is 1. The molecule has 0 spiro atoms. The summed E-state index contributed by atoms with van der Waals surface area (Å²) in [5, 5.41) is 13.5. The minimum Gasteiger partial charge on any atom is -0.388 e. The predicted molar refractivity (Wildman–Crippen MR) is 85.4 cm³/mol. The van der Waals surface area contributed by atoms with Crippen molar-refractivity contribution >= 4 is 5.91 Å². The second-order valence-electron chi connectivity index (χ2n) is 7.32. The highest BCUT2D eigenvalue weighted by Crippen LogP contribution is 2.39. The first-order valence-corrected chi connectivity index (χ1v) is 7.79. The van der Waals surface area contributed by atoms with Crippen LogP contribution in [0, 0.1) is 19.3 Å². The van der Waals surface area contributed by atoms with Crippen molar-refractivity contribution < 1.29 is 9.90 Å². The van der Waals surface area contributed by atoms with Crippen LogP contribution >= 0.6 is 0 Å². The van der Waals surface area contributed by atoms with Crippen LogP contribution in [0.4, 0.5) is 0 Å². The van der Waals surface area contributed by atoms with Gasteiger partial charge in [-0.2, -0.15) is 0 Å². The second kappa shape index (κ2) is 5.80. The molecule has 0 unspecified atom stereocenters. The monoisotopic (exact) mass is 289 g/mol. The summed E-state index contributed by atoms with van der Waals surface area (Å²) in [5.41, 5.74) is 2.38. The minimum absolute atomic E-state index is 0.0885. The van der Waals surface area contributed by atoms with Gasteiger partial charge in [-0.15, -0.1) is 0 Å². The maximum Gasteiger partial charge on any atom is 0.251 e. The number of hydrogen-bond donors (Lipinski definition) is 2. The number of carbonyl (C=O) groups excluding carboxylic acids is 1. The molecule has 0 heterocycles. The van der Waals surface area contributed by atoms with Crippen molar-refractivity contribution in [3.63, 3.8) is 0 Å². The molecular formula is C18H27NO2. The van der Waals surface area contributed by atoms with E-state index in [4.69, 9.17) is 0 Å². The van der Waals surface area contributed by atoms with Crippen molar-refractivity contribution in [3.05, 3.63) is 34.9 Å². The van der Waals surface area contributed by atoms with Crippen LogP contribution in [0.15, 0.2) is 18.2 Å². The van der Waals surface area contributed by atoms with Crippen molar-refractivity contribution in [2.24, 2.45) is 5.41 Å². The van der Waals surface area contributed by atoms with Crippen LogP contribution in [-0.2, 0) is 0 Å². The first-order valence-electron chi connectivity index (χ1n) is 7.79. The van der Waals surface area contributed by atoms with E-state index in [0.717, 1.165) is 36.8 Å². The van der Waals surface area contributed by atoms with E-state index in [1.807, 2.05) is 32.0 Å². The Hall–Kier alpha value is -1.35. The lowest BCUT2D eigenvalue weighted by atomic mass is 9.71. The third-order valence-electron chi connectivity index (χ3n) is 4.96. The van der Waals surface area contributed by atoms with Crippen molar-refractivity contribution in [2.75, 3.05) is 6.54 Å². The summed E-state index contributed by atoms with van der Waals surface area (Å²) < 4.78 is 0. The average Bonchev–Trinajstić information content (AvgIpc) is 2.43. The molecule has 2 N–H and O–H groups in total. The summed E-state index contributed by atoms with van der Waals surface area (Å²) >= 11 is 0. The Morgan fingerprint density at radius 3 is 2.43 bits per heavy atom. The molecule has 0 aromatic heterocycles. The molecule has 0 aliphatic heterocycles. The molecule has 1 fully saturated rings. The predicted octanol–water partition coefficient (Wildman–Crippen LogP) is 3.36. The van der Waals surface area contributed by atoms with Crippen LogP contribution in [0.5, 0.6) is 0 Å². The Morgan fingerprint density at radius 2 is 1.81 bits per heavy atom. The van der Waals surface area contributed by atoms with Gasteiger partial charge in [-0.1, -0.05) is 26.0 Å². The summed E-state index contributed by atoms with van der Waals surface area (Å²) in [4.78, 5) is 12.3. The number of carbonyl (C=O) groups is 1. The standard InChI is InChI=1S/C18H27NO2/c1-13-6-5-7-15(14(13)2)16(20)19-12-18(21)10-8-17(3,4)9-11-18/h5-7,21H,8-12H2,1-4H3,(H,19,20). The van der Waals surface area contributed by atoms with E-state index in [2.05, 4.69) is 19.2 Å². The smallest absolute Gasteiger partial charge is 0.251 e. The fourth-order valence-corrected chi connectivity index (χ4v) is 2.91. The molecule has 1 saturated carbocycles. The van der Waals surface area contributed by atoms with Gasteiger partial charge in [0.15, 0.2) is 0 Å². The van der Waals surface area contributed by atoms with Gasteiger partial charge in [0.25, 0.3) is 5.91 Å². The van der Waals surface area contributed by atoms with Gasteiger partial charge >= 0.3 is 0 Å². The van der Waals surface area contributed by atoms with Gasteiger partial charge in [0.1, 0.15) is 0 Å². The fourth-order valence-electron chi connectivity index (χ4n) is 2.91. The van der Waals surface area contributed by atoms with E-state index >= 15 is 0 Å². The third-order valence-corrected chi connectivity index (χ3v) is 4.96. The maximum atomic E-state index is 12.3. The first-order chi connectivity index (χ1) is 9.72. The van der Waals surface area contributed by atoms with E-state index < -0.39 is 5.60 Å². The molecule has 1 aliphatic carbocycles. The quantitative estimate of drug-likeness (QED) is 0.896. The zero-order chi connectivity index (χ0) is 15.7. The molecule has 116 valence electrons. The van der Waals surface area contributed by atoms with E-state index in [0.29, 0.717) is 17.5 Å². The molecule has 0 bridgehead atoms. The van der Waals surface area contributed by atoms with Crippen LogP contribution in [0.1, 0.15) is 61.0 Å². The van der Waals surface area contributed by atoms with Gasteiger partial charge in [-0.25, -0.2) is 0 Å². The van der Waals surface area contributed by atoms with E-state index in [9.17, 15) is 9.90 Å². The van der Waals surface area contributed by atoms with E-state index in [1.165, 1.54) is 0 Å². The fraction of sp³-hybridized carbons (Fsp3) is 0.611. The van der Waals surface area contributed by atoms with Crippen LogP contribution in [0.25, 0.3) is 0 Å². The largest absolute Gasteiger partial charge is 0.388 e. The summed E-state index contributed by atoms with van der Waals surface area (Å²) in [6.45, 7) is 8.78. The Morgan fingerprint density at radius 1 is 1.19 bits per heavy atom. The molecule has 3 nitrogen and oxygen atoms in total. The number of rotatable bonds is 3. The van der Waals surface area contributed by atoms with Crippen LogP contribution in [0.3, 0.4) is 0 Å². The zero-order valence-corrected chi connectivity index (χ0v) is 13.6. The zero-order valence-electron chi connectivity index (χ0n) is 13.6. The number of aliphatic hydroxyl groups is 1. The van der Waals surface area contributed by atoms with Gasteiger partial charge in [-0.3, -0.25) is 4.79 Å². The molecule has 21 heavy (non-hydrogen) atoms. The van der Waals surface area contributed by atoms with Crippen LogP contribution in [0.2, 0.25) is 0 Å². The normalized spacial score (nSPS) is 20.0. The topological polar surface area (TPSA) is 49.3 Å². The molecule has 3 heteroatoms. The van der Waals surface area contributed by atoms with Crippen molar-refractivity contribution in [1.82, 2.24) is 5.32 Å². The number of nitrogens with one attached hydrogen (secondary N) is 1. The van der Waals surface area contributed by atoms with E-state index in [-0.39, 0.29) is 5.91 Å². The highest BCUT2D eigenvalue weighted by atomic mass is 16.3. The van der Waals surface area contributed by atoms with Gasteiger partial charge in [0.05, 0.1) is 5.60 Å². The summed E-state index contributed by atoms with van der Waals surface area (Å²) in [7, 11) is 0. The molecule has 1 aromatic rings. The Bertz CT molecular complexity index is 524. The molecular weight excluding hydrogens is 262 g/mol.